The van der Waals surface area contributed by atoms with Crippen LogP contribution in [0.5, 0.6) is 0 Å². The standard InChI is InChI=1S/C52H44Si/c1-5-33-31-39-19-13-25-45(51(39)49(33)43-23-11-17-37-29-27-35-15-7-9-21-41(35)47(37)43)53(3,4)46-26-14-20-40-32-34(6-2)50(52(40)46)44-24-12-18-38-30-28-36-16-8-10-22-42(36)48(38)44/h7-30H,5-6,31-32H2,1-4H3. The van der Waals surface area contributed by atoms with Gasteiger partial charge in [-0.3, -0.25) is 0 Å². The van der Waals surface area contributed by atoms with Crippen molar-refractivity contribution in [2.45, 2.75) is 52.6 Å². The Bertz CT molecular complexity index is 2680. The molecule has 0 saturated heterocycles. The van der Waals surface area contributed by atoms with E-state index in [2.05, 4.69) is 173 Å². The highest BCUT2D eigenvalue weighted by Gasteiger charge is 2.38. The molecule has 0 atom stereocenters. The van der Waals surface area contributed by atoms with E-state index in [0.29, 0.717) is 0 Å². The first kappa shape index (κ1) is 32.2. The summed E-state index contributed by atoms with van der Waals surface area (Å²) < 4.78 is 0. The highest BCUT2D eigenvalue weighted by Crippen LogP contribution is 2.45. The first-order valence-corrected chi connectivity index (χ1v) is 22.5. The van der Waals surface area contributed by atoms with E-state index in [0.717, 1.165) is 25.7 Å². The minimum atomic E-state index is -2.31. The molecule has 8 aromatic rings. The van der Waals surface area contributed by atoms with Crippen molar-refractivity contribution in [2.24, 2.45) is 0 Å². The molecule has 0 spiro atoms. The number of fused-ring (bicyclic) bond motifs is 8. The third-order valence-electron chi connectivity index (χ3n) is 12.6. The first-order valence-electron chi connectivity index (χ1n) is 19.5. The van der Waals surface area contributed by atoms with Gasteiger partial charge in [-0.15, -0.1) is 0 Å². The Kier molecular flexibility index (Phi) is 7.46. The van der Waals surface area contributed by atoms with Gasteiger partial charge in [-0.25, -0.2) is 0 Å². The van der Waals surface area contributed by atoms with Gasteiger partial charge >= 0.3 is 0 Å². The SMILES string of the molecule is CCC1=C(c2cccc3ccc4ccccc4c23)c2c(cccc2[Si](C)(C)c2cccc3c2C(c2cccc4ccc5ccccc5c24)=C(CC)C3)C1. The lowest BCUT2D eigenvalue weighted by Crippen LogP contribution is -2.55. The van der Waals surface area contributed by atoms with Crippen molar-refractivity contribution in [1.82, 2.24) is 0 Å². The number of benzene rings is 8. The van der Waals surface area contributed by atoms with Gasteiger partial charge < -0.3 is 0 Å². The summed E-state index contributed by atoms with van der Waals surface area (Å²) in [5.41, 5.74) is 14.9. The van der Waals surface area contributed by atoms with Crippen LogP contribution in [0.4, 0.5) is 0 Å². The van der Waals surface area contributed by atoms with Gasteiger partial charge in [0.05, 0.1) is 0 Å². The van der Waals surface area contributed by atoms with E-state index in [1.54, 1.807) is 21.5 Å². The normalized spacial score (nSPS) is 14.3. The van der Waals surface area contributed by atoms with Crippen molar-refractivity contribution in [3.05, 3.63) is 190 Å². The van der Waals surface area contributed by atoms with Crippen molar-refractivity contribution in [3.63, 3.8) is 0 Å². The second kappa shape index (κ2) is 12.3. The Morgan fingerprint density at radius 1 is 0.415 bits per heavy atom. The van der Waals surface area contributed by atoms with Gasteiger partial charge in [0.2, 0.25) is 0 Å². The number of allylic oxidation sites excluding steroid dienone is 2. The smallest absolute Gasteiger partial charge is 0.0620 e. The maximum absolute atomic E-state index is 2.62. The Morgan fingerprint density at radius 3 is 1.26 bits per heavy atom. The van der Waals surface area contributed by atoms with Crippen LogP contribution in [0.2, 0.25) is 13.1 Å². The van der Waals surface area contributed by atoms with Gasteiger partial charge in [0.15, 0.2) is 0 Å². The van der Waals surface area contributed by atoms with Crippen LogP contribution in [0.1, 0.15) is 60.1 Å². The third-order valence-corrected chi connectivity index (χ3v) is 16.1. The quantitative estimate of drug-likeness (QED) is 0.120. The van der Waals surface area contributed by atoms with E-state index in [1.807, 2.05) is 0 Å². The first-order chi connectivity index (χ1) is 26.0. The minimum Gasteiger partial charge on any atom is -0.0620 e. The van der Waals surface area contributed by atoms with Gasteiger partial charge in [-0.1, -0.05) is 184 Å². The Morgan fingerprint density at radius 2 is 0.811 bits per heavy atom. The zero-order chi connectivity index (χ0) is 35.8. The van der Waals surface area contributed by atoms with Crippen molar-refractivity contribution in [2.75, 3.05) is 0 Å². The molecule has 2 aliphatic rings. The van der Waals surface area contributed by atoms with Crippen molar-refractivity contribution < 1.29 is 0 Å². The molecule has 0 aliphatic heterocycles. The number of hydrogen-bond acceptors (Lipinski definition) is 0. The van der Waals surface area contributed by atoms with Gasteiger partial charge in [0.25, 0.3) is 0 Å². The van der Waals surface area contributed by atoms with Crippen LogP contribution in [-0.4, -0.2) is 8.07 Å². The summed E-state index contributed by atoms with van der Waals surface area (Å²) in [5, 5.41) is 13.8. The summed E-state index contributed by atoms with van der Waals surface area (Å²) in [6.07, 6.45) is 4.16. The van der Waals surface area contributed by atoms with Crippen molar-refractivity contribution >= 4 is 72.7 Å². The monoisotopic (exact) mass is 696 g/mol. The molecule has 0 aromatic heterocycles. The van der Waals surface area contributed by atoms with Gasteiger partial charge in [0.1, 0.15) is 8.07 Å². The Balaban J connectivity index is 1.22. The average Bonchev–Trinajstić information content (AvgIpc) is 3.78. The number of rotatable bonds is 6. The van der Waals surface area contributed by atoms with E-state index >= 15 is 0 Å². The third kappa shape index (κ3) is 4.80. The lowest BCUT2D eigenvalue weighted by Gasteiger charge is -2.31. The molecule has 0 radical (unpaired) electrons. The fourth-order valence-electron chi connectivity index (χ4n) is 10.1. The molecule has 0 N–H and O–H groups in total. The number of hydrogen-bond donors (Lipinski definition) is 0. The zero-order valence-corrected chi connectivity index (χ0v) is 32.2. The van der Waals surface area contributed by atoms with Crippen LogP contribution < -0.4 is 10.4 Å². The van der Waals surface area contributed by atoms with E-state index in [1.165, 1.54) is 87.6 Å². The van der Waals surface area contributed by atoms with Crippen LogP contribution in [0.15, 0.2) is 157 Å². The molecular formula is C52H44Si. The highest BCUT2D eigenvalue weighted by molar-refractivity contribution is 7.01. The van der Waals surface area contributed by atoms with E-state index < -0.39 is 8.07 Å². The highest BCUT2D eigenvalue weighted by atomic mass is 28.3. The summed E-state index contributed by atoms with van der Waals surface area (Å²) in [6, 6.07) is 55.5. The second-order valence-corrected chi connectivity index (χ2v) is 20.0. The van der Waals surface area contributed by atoms with E-state index in [4.69, 9.17) is 0 Å². The largest absolute Gasteiger partial charge is 0.113 e. The molecule has 256 valence electrons. The molecule has 0 amide bonds. The molecule has 0 bridgehead atoms. The van der Waals surface area contributed by atoms with Crippen LogP contribution in [0.3, 0.4) is 0 Å². The van der Waals surface area contributed by atoms with E-state index in [9.17, 15) is 0 Å². The Hall–Kier alpha value is -5.50. The van der Waals surface area contributed by atoms with E-state index in [-0.39, 0.29) is 0 Å². The maximum atomic E-state index is 2.62. The summed E-state index contributed by atoms with van der Waals surface area (Å²) >= 11 is 0. The molecule has 0 saturated carbocycles. The minimum absolute atomic E-state index is 1.03. The molecular weight excluding hydrogens is 653 g/mol. The van der Waals surface area contributed by atoms with Gasteiger partial charge in [-0.2, -0.15) is 0 Å². The Labute approximate surface area is 314 Å². The lowest BCUT2D eigenvalue weighted by molar-refractivity contribution is 1.03. The topological polar surface area (TPSA) is 0 Å². The van der Waals surface area contributed by atoms with Crippen LogP contribution in [0, 0.1) is 0 Å². The molecule has 0 unspecified atom stereocenters. The maximum Gasteiger partial charge on any atom is 0.113 e. The predicted octanol–water partition coefficient (Wildman–Crippen LogP) is 12.7. The fraction of sp³-hybridized carbons (Fsp3) is 0.154. The van der Waals surface area contributed by atoms with Crippen LogP contribution in [0.25, 0.3) is 54.2 Å². The summed E-state index contributed by atoms with van der Waals surface area (Å²) in [6.45, 7) is 9.96. The molecule has 2 aliphatic carbocycles. The van der Waals surface area contributed by atoms with Crippen molar-refractivity contribution in [1.29, 1.82) is 0 Å². The molecule has 0 nitrogen and oxygen atoms in total. The molecule has 8 aromatic carbocycles. The summed E-state index contributed by atoms with van der Waals surface area (Å²) in [5.74, 6) is 0. The second-order valence-electron chi connectivity index (χ2n) is 15.7. The van der Waals surface area contributed by atoms with Crippen LogP contribution in [-0.2, 0) is 12.8 Å². The summed E-state index contributed by atoms with van der Waals surface area (Å²) in [4.78, 5) is 0. The molecule has 53 heavy (non-hydrogen) atoms. The molecule has 10 rings (SSSR count). The molecule has 0 fully saturated rings. The van der Waals surface area contributed by atoms with Gasteiger partial charge in [0, 0.05) is 0 Å². The molecule has 1 heteroatoms. The van der Waals surface area contributed by atoms with Gasteiger partial charge in [-0.05, 0) is 124 Å². The lowest BCUT2D eigenvalue weighted by atomic mass is 9.89. The van der Waals surface area contributed by atoms with Crippen LogP contribution >= 0.6 is 0 Å². The predicted molar refractivity (Wildman–Crippen MR) is 233 cm³/mol. The zero-order valence-electron chi connectivity index (χ0n) is 31.2. The summed E-state index contributed by atoms with van der Waals surface area (Å²) in [7, 11) is -2.31. The average molecular weight is 697 g/mol. The van der Waals surface area contributed by atoms with Crippen molar-refractivity contribution in [3.8, 4) is 0 Å². The fourth-order valence-corrected chi connectivity index (χ4v) is 13.2. The molecule has 0 heterocycles.